The SMILES string of the molecule is CCNc1nc(CC)nc(-c2cccc([N+](=O)[O-])c2)c1C. The topological polar surface area (TPSA) is 81.0 Å². The summed E-state index contributed by atoms with van der Waals surface area (Å²) in [6, 6.07) is 6.53. The molecule has 2 rings (SSSR count). The van der Waals surface area contributed by atoms with Gasteiger partial charge in [-0.1, -0.05) is 19.1 Å². The highest BCUT2D eigenvalue weighted by atomic mass is 16.6. The molecule has 110 valence electrons. The summed E-state index contributed by atoms with van der Waals surface area (Å²) in [7, 11) is 0. The number of nitro groups is 1. The summed E-state index contributed by atoms with van der Waals surface area (Å²) in [6.07, 6.45) is 0.709. The Morgan fingerprint density at radius 1 is 1.29 bits per heavy atom. The van der Waals surface area contributed by atoms with Gasteiger partial charge < -0.3 is 5.32 Å². The minimum atomic E-state index is -0.397. The minimum absolute atomic E-state index is 0.0635. The lowest BCUT2D eigenvalue weighted by molar-refractivity contribution is -0.384. The Balaban J connectivity index is 2.59. The van der Waals surface area contributed by atoms with Gasteiger partial charge in [0.25, 0.3) is 5.69 Å². The van der Waals surface area contributed by atoms with Crippen LogP contribution in [0, 0.1) is 17.0 Å². The summed E-state index contributed by atoms with van der Waals surface area (Å²) < 4.78 is 0. The van der Waals surface area contributed by atoms with E-state index in [2.05, 4.69) is 15.3 Å². The maximum atomic E-state index is 10.9. The Hall–Kier alpha value is -2.50. The first-order valence-corrected chi connectivity index (χ1v) is 6.93. The van der Waals surface area contributed by atoms with E-state index in [9.17, 15) is 10.1 Å². The number of non-ortho nitro benzene ring substituents is 1. The van der Waals surface area contributed by atoms with Crippen molar-refractivity contribution >= 4 is 11.5 Å². The summed E-state index contributed by atoms with van der Waals surface area (Å²) >= 11 is 0. The van der Waals surface area contributed by atoms with E-state index < -0.39 is 4.92 Å². The van der Waals surface area contributed by atoms with Gasteiger partial charge in [0.15, 0.2) is 0 Å². The van der Waals surface area contributed by atoms with Gasteiger partial charge in [0.1, 0.15) is 11.6 Å². The molecule has 1 aromatic heterocycles. The first-order chi connectivity index (χ1) is 10.1. The predicted octanol–water partition coefficient (Wildman–Crippen LogP) is 3.35. The standard InChI is InChI=1S/C15H18N4O2/c1-4-13-17-14(10(3)15(18-13)16-5-2)11-7-6-8-12(9-11)19(20)21/h6-9H,4-5H2,1-3H3,(H,16,17,18). The van der Waals surface area contributed by atoms with Crippen molar-refractivity contribution in [3.05, 3.63) is 45.8 Å². The number of aromatic nitrogens is 2. The molecular weight excluding hydrogens is 268 g/mol. The molecule has 0 amide bonds. The number of nitrogens with one attached hydrogen (secondary N) is 1. The third-order valence-electron chi connectivity index (χ3n) is 3.18. The average Bonchev–Trinajstić information content (AvgIpc) is 2.49. The summed E-state index contributed by atoms with van der Waals surface area (Å²) in [5, 5.41) is 14.1. The van der Waals surface area contributed by atoms with E-state index in [0.717, 1.165) is 35.0 Å². The van der Waals surface area contributed by atoms with Gasteiger partial charge in [-0.15, -0.1) is 0 Å². The van der Waals surface area contributed by atoms with Gasteiger partial charge in [0.05, 0.1) is 10.6 Å². The zero-order chi connectivity index (χ0) is 15.4. The monoisotopic (exact) mass is 286 g/mol. The second-order valence-electron chi connectivity index (χ2n) is 4.65. The number of benzene rings is 1. The van der Waals surface area contributed by atoms with E-state index in [0.29, 0.717) is 6.42 Å². The van der Waals surface area contributed by atoms with Gasteiger partial charge >= 0.3 is 0 Å². The van der Waals surface area contributed by atoms with E-state index in [-0.39, 0.29) is 5.69 Å². The molecule has 1 N–H and O–H groups in total. The van der Waals surface area contributed by atoms with Gasteiger partial charge in [-0.3, -0.25) is 10.1 Å². The molecule has 0 unspecified atom stereocenters. The lowest BCUT2D eigenvalue weighted by Gasteiger charge is -2.12. The van der Waals surface area contributed by atoms with Crippen molar-refractivity contribution in [2.45, 2.75) is 27.2 Å². The van der Waals surface area contributed by atoms with Crippen molar-refractivity contribution in [3.63, 3.8) is 0 Å². The summed E-state index contributed by atoms with van der Waals surface area (Å²) in [4.78, 5) is 19.5. The fourth-order valence-electron chi connectivity index (χ4n) is 2.11. The van der Waals surface area contributed by atoms with E-state index in [1.165, 1.54) is 6.07 Å². The summed E-state index contributed by atoms with van der Waals surface area (Å²) in [6.45, 7) is 6.67. The Kier molecular flexibility index (Phi) is 4.47. The Morgan fingerprint density at radius 3 is 2.67 bits per heavy atom. The molecule has 6 nitrogen and oxygen atoms in total. The van der Waals surface area contributed by atoms with E-state index in [1.54, 1.807) is 12.1 Å². The van der Waals surface area contributed by atoms with Crippen LogP contribution in [0.15, 0.2) is 24.3 Å². The van der Waals surface area contributed by atoms with Crippen molar-refractivity contribution in [1.29, 1.82) is 0 Å². The zero-order valence-electron chi connectivity index (χ0n) is 12.4. The highest BCUT2D eigenvalue weighted by molar-refractivity contribution is 5.70. The van der Waals surface area contributed by atoms with Crippen LogP contribution in [0.2, 0.25) is 0 Å². The Labute approximate surface area is 123 Å². The van der Waals surface area contributed by atoms with Crippen LogP contribution in [0.1, 0.15) is 25.2 Å². The molecule has 2 aromatic rings. The molecule has 0 bridgehead atoms. The highest BCUT2D eigenvalue weighted by Crippen LogP contribution is 2.28. The molecule has 0 radical (unpaired) electrons. The first kappa shape index (κ1) is 14.9. The van der Waals surface area contributed by atoms with Crippen molar-refractivity contribution in [2.24, 2.45) is 0 Å². The molecule has 0 saturated carbocycles. The number of hydrogen-bond donors (Lipinski definition) is 1. The van der Waals surface area contributed by atoms with E-state index in [4.69, 9.17) is 0 Å². The fourth-order valence-corrected chi connectivity index (χ4v) is 2.11. The van der Waals surface area contributed by atoms with Gasteiger partial charge in [-0.05, 0) is 13.8 Å². The largest absolute Gasteiger partial charge is 0.370 e. The van der Waals surface area contributed by atoms with Crippen molar-refractivity contribution < 1.29 is 4.92 Å². The molecule has 0 aliphatic heterocycles. The van der Waals surface area contributed by atoms with Crippen molar-refractivity contribution in [1.82, 2.24) is 9.97 Å². The highest BCUT2D eigenvalue weighted by Gasteiger charge is 2.14. The summed E-state index contributed by atoms with van der Waals surface area (Å²) in [5.41, 5.74) is 2.43. The average molecular weight is 286 g/mol. The van der Waals surface area contributed by atoms with Crippen LogP contribution in [0.4, 0.5) is 11.5 Å². The lowest BCUT2D eigenvalue weighted by Crippen LogP contribution is -2.07. The van der Waals surface area contributed by atoms with Crippen molar-refractivity contribution in [3.8, 4) is 11.3 Å². The van der Waals surface area contributed by atoms with Gasteiger partial charge in [0.2, 0.25) is 0 Å². The molecule has 21 heavy (non-hydrogen) atoms. The van der Waals surface area contributed by atoms with Crippen molar-refractivity contribution in [2.75, 3.05) is 11.9 Å². The maximum Gasteiger partial charge on any atom is 0.270 e. The fraction of sp³-hybridized carbons (Fsp3) is 0.333. The number of anilines is 1. The molecule has 1 aromatic carbocycles. The maximum absolute atomic E-state index is 10.9. The molecule has 0 atom stereocenters. The molecule has 6 heteroatoms. The second-order valence-corrected chi connectivity index (χ2v) is 4.65. The molecule has 0 aliphatic carbocycles. The molecule has 1 heterocycles. The Bertz CT molecular complexity index is 671. The van der Waals surface area contributed by atoms with Gasteiger partial charge in [-0.2, -0.15) is 0 Å². The number of rotatable bonds is 5. The smallest absolute Gasteiger partial charge is 0.270 e. The second kappa shape index (κ2) is 6.30. The number of nitro benzene ring substituents is 1. The molecule has 0 aliphatic rings. The van der Waals surface area contributed by atoms with Crippen LogP contribution < -0.4 is 5.32 Å². The van der Waals surface area contributed by atoms with Crippen LogP contribution in [0.5, 0.6) is 0 Å². The van der Waals surface area contributed by atoms with Crippen LogP contribution in [0.3, 0.4) is 0 Å². The van der Waals surface area contributed by atoms with Crippen LogP contribution in [-0.2, 0) is 6.42 Å². The number of nitrogens with zero attached hydrogens (tertiary/aromatic N) is 3. The third-order valence-corrected chi connectivity index (χ3v) is 3.18. The van der Waals surface area contributed by atoms with Gasteiger partial charge in [-0.25, -0.2) is 9.97 Å². The minimum Gasteiger partial charge on any atom is -0.370 e. The molecule has 0 fully saturated rings. The van der Waals surface area contributed by atoms with Gasteiger partial charge in [0, 0.05) is 36.2 Å². The van der Waals surface area contributed by atoms with Crippen LogP contribution in [-0.4, -0.2) is 21.4 Å². The van der Waals surface area contributed by atoms with E-state index in [1.807, 2.05) is 26.8 Å². The van der Waals surface area contributed by atoms with Crippen LogP contribution >= 0.6 is 0 Å². The normalized spacial score (nSPS) is 10.4. The summed E-state index contributed by atoms with van der Waals surface area (Å²) in [5.74, 6) is 1.50. The number of hydrogen-bond acceptors (Lipinski definition) is 5. The predicted molar refractivity (Wildman–Crippen MR) is 82.4 cm³/mol. The van der Waals surface area contributed by atoms with E-state index >= 15 is 0 Å². The molecule has 0 saturated heterocycles. The quantitative estimate of drug-likeness (QED) is 0.673. The first-order valence-electron chi connectivity index (χ1n) is 6.93. The molecular formula is C15H18N4O2. The third kappa shape index (κ3) is 3.16. The van der Waals surface area contributed by atoms with Crippen LogP contribution in [0.25, 0.3) is 11.3 Å². The Morgan fingerprint density at radius 2 is 2.05 bits per heavy atom. The molecule has 0 spiro atoms. The number of aryl methyl sites for hydroxylation is 1. The zero-order valence-corrected chi connectivity index (χ0v) is 12.4. The lowest BCUT2D eigenvalue weighted by atomic mass is 10.1.